The quantitative estimate of drug-likeness (QED) is 0.553. The summed E-state index contributed by atoms with van der Waals surface area (Å²) in [6.07, 6.45) is 7.00. The SMILES string of the molecule is COc1cc(/C=C(\C#N)C(=O)NC2CCCCC2)ccc1OCc1ccccc1. The number of nitrogens with zero attached hydrogens (tertiary/aromatic N) is 1. The zero-order valence-corrected chi connectivity index (χ0v) is 16.7. The smallest absolute Gasteiger partial charge is 0.262 e. The molecule has 0 saturated heterocycles. The van der Waals surface area contributed by atoms with Gasteiger partial charge in [0.25, 0.3) is 5.91 Å². The molecule has 0 radical (unpaired) electrons. The molecule has 3 rings (SSSR count). The molecule has 1 N–H and O–H groups in total. The molecule has 29 heavy (non-hydrogen) atoms. The molecule has 5 nitrogen and oxygen atoms in total. The van der Waals surface area contributed by atoms with Crippen LogP contribution in [0.15, 0.2) is 54.1 Å². The van der Waals surface area contributed by atoms with Crippen LogP contribution in [0.25, 0.3) is 6.08 Å². The predicted octanol–water partition coefficient (Wildman–Crippen LogP) is 4.63. The first-order chi connectivity index (χ1) is 14.2. The van der Waals surface area contributed by atoms with Gasteiger partial charge in [0.2, 0.25) is 0 Å². The average molecular weight is 390 g/mol. The normalized spacial score (nSPS) is 14.7. The highest BCUT2D eigenvalue weighted by Gasteiger charge is 2.18. The average Bonchev–Trinajstić information content (AvgIpc) is 2.77. The van der Waals surface area contributed by atoms with E-state index in [1.807, 2.05) is 42.5 Å². The monoisotopic (exact) mass is 390 g/mol. The van der Waals surface area contributed by atoms with E-state index >= 15 is 0 Å². The van der Waals surface area contributed by atoms with Crippen LogP contribution in [0.5, 0.6) is 11.5 Å². The number of ether oxygens (including phenoxy) is 2. The van der Waals surface area contributed by atoms with Gasteiger partial charge in [0, 0.05) is 6.04 Å². The molecule has 0 bridgehead atoms. The third-order valence-electron chi connectivity index (χ3n) is 5.04. The van der Waals surface area contributed by atoms with E-state index in [9.17, 15) is 10.1 Å². The van der Waals surface area contributed by atoms with Crippen LogP contribution in [0.2, 0.25) is 0 Å². The number of amides is 1. The maximum Gasteiger partial charge on any atom is 0.262 e. The van der Waals surface area contributed by atoms with Gasteiger partial charge in [0.05, 0.1) is 7.11 Å². The highest BCUT2D eigenvalue weighted by atomic mass is 16.5. The molecule has 2 aromatic rings. The topological polar surface area (TPSA) is 71.3 Å². The van der Waals surface area contributed by atoms with Crippen LogP contribution in [-0.2, 0) is 11.4 Å². The zero-order chi connectivity index (χ0) is 20.5. The Morgan fingerprint density at radius 2 is 1.90 bits per heavy atom. The van der Waals surface area contributed by atoms with Crippen LogP contribution in [0.3, 0.4) is 0 Å². The fourth-order valence-corrected chi connectivity index (χ4v) is 3.45. The van der Waals surface area contributed by atoms with Crippen LogP contribution < -0.4 is 14.8 Å². The fraction of sp³-hybridized carbons (Fsp3) is 0.333. The van der Waals surface area contributed by atoms with Crippen LogP contribution in [0.4, 0.5) is 0 Å². The summed E-state index contributed by atoms with van der Waals surface area (Å²) in [5, 5.41) is 12.4. The first-order valence-electron chi connectivity index (χ1n) is 9.97. The van der Waals surface area contributed by atoms with E-state index in [1.54, 1.807) is 25.3 Å². The molecule has 0 aromatic heterocycles. The summed E-state index contributed by atoms with van der Waals surface area (Å²) in [6.45, 7) is 0.430. The van der Waals surface area contributed by atoms with Crippen molar-refractivity contribution in [2.75, 3.05) is 7.11 Å². The number of nitrogens with one attached hydrogen (secondary N) is 1. The second-order valence-electron chi connectivity index (χ2n) is 7.16. The van der Waals surface area contributed by atoms with Gasteiger partial charge in [0.1, 0.15) is 18.2 Å². The van der Waals surface area contributed by atoms with Gasteiger partial charge in [-0.3, -0.25) is 4.79 Å². The number of rotatable bonds is 7. The van der Waals surface area contributed by atoms with Gasteiger partial charge < -0.3 is 14.8 Å². The Morgan fingerprint density at radius 3 is 2.59 bits per heavy atom. The van der Waals surface area contributed by atoms with Gasteiger partial charge in [0.15, 0.2) is 11.5 Å². The third-order valence-corrected chi connectivity index (χ3v) is 5.04. The van der Waals surface area contributed by atoms with E-state index in [-0.39, 0.29) is 17.5 Å². The maximum atomic E-state index is 12.5. The minimum Gasteiger partial charge on any atom is -0.493 e. The highest BCUT2D eigenvalue weighted by molar-refractivity contribution is 6.01. The first kappa shape index (κ1) is 20.5. The number of methoxy groups -OCH3 is 1. The number of carbonyl (C=O) groups is 1. The molecule has 0 atom stereocenters. The molecule has 1 aliphatic rings. The van der Waals surface area contributed by atoms with E-state index in [0.717, 1.165) is 31.2 Å². The Bertz CT molecular complexity index is 894. The van der Waals surface area contributed by atoms with Crippen molar-refractivity contribution < 1.29 is 14.3 Å². The van der Waals surface area contributed by atoms with E-state index < -0.39 is 0 Å². The number of carbonyl (C=O) groups excluding carboxylic acids is 1. The molecule has 1 saturated carbocycles. The van der Waals surface area contributed by atoms with Crippen LogP contribution >= 0.6 is 0 Å². The van der Waals surface area contributed by atoms with Gasteiger partial charge >= 0.3 is 0 Å². The first-order valence-corrected chi connectivity index (χ1v) is 9.97. The molecule has 5 heteroatoms. The lowest BCUT2D eigenvalue weighted by Gasteiger charge is -2.22. The van der Waals surface area contributed by atoms with Crippen molar-refractivity contribution in [3.05, 3.63) is 65.2 Å². The van der Waals surface area contributed by atoms with E-state index in [1.165, 1.54) is 6.42 Å². The molecule has 1 aliphatic carbocycles. The molecule has 0 spiro atoms. The van der Waals surface area contributed by atoms with Crippen molar-refractivity contribution in [1.29, 1.82) is 5.26 Å². The van der Waals surface area contributed by atoms with Crippen LogP contribution in [-0.4, -0.2) is 19.1 Å². The van der Waals surface area contributed by atoms with E-state index in [2.05, 4.69) is 5.32 Å². The van der Waals surface area contributed by atoms with Crippen molar-refractivity contribution in [1.82, 2.24) is 5.32 Å². The molecule has 2 aromatic carbocycles. The van der Waals surface area contributed by atoms with Crippen molar-refractivity contribution in [2.45, 2.75) is 44.8 Å². The largest absolute Gasteiger partial charge is 0.493 e. The van der Waals surface area contributed by atoms with E-state index in [4.69, 9.17) is 9.47 Å². The van der Waals surface area contributed by atoms with Crippen LogP contribution in [0, 0.1) is 11.3 Å². The molecule has 0 heterocycles. The third kappa shape index (κ3) is 5.86. The minimum absolute atomic E-state index is 0.0931. The standard InChI is InChI=1S/C24H26N2O3/c1-28-23-15-19(12-13-22(23)29-17-18-8-4-2-5-9-18)14-20(16-25)24(27)26-21-10-6-3-7-11-21/h2,4-5,8-9,12-15,21H,3,6-7,10-11,17H2,1H3,(H,26,27)/b20-14+. The van der Waals surface area contributed by atoms with Gasteiger partial charge in [-0.05, 0) is 42.2 Å². The van der Waals surface area contributed by atoms with Crippen LogP contribution in [0.1, 0.15) is 43.2 Å². The molecular formula is C24H26N2O3. The Hall–Kier alpha value is -3.26. The summed E-state index contributed by atoms with van der Waals surface area (Å²) in [5.74, 6) is 0.848. The number of hydrogen-bond donors (Lipinski definition) is 1. The Balaban J connectivity index is 1.70. The summed E-state index contributed by atoms with van der Waals surface area (Å²) in [4.78, 5) is 12.5. The summed E-state index contributed by atoms with van der Waals surface area (Å²) >= 11 is 0. The molecule has 1 amide bonds. The second-order valence-corrected chi connectivity index (χ2v) is 7.16. The van der Waals surface area contributed by atoms with Crippen molar-refractivity contribution in [2.24, 2.45) is 0 Å². The molecule has 150 valence electrons. The van der Waals surface area contributed by atoms with Crippen molar-refractivity contribution in [3.63, 3.8) is 0 Å². The minimum atomic E-state index is -0.317. The number of nitriles is 1. The summed E-state index contributed by atoms with van der Waals surface area (Å²) in [6, 6.07) is 17.4. The van der Waals surface area contributed by atoms with Gasteiger partial charge in [-0.2, -0.15) is 5.26 Å². The van der Waals surface area contributed by atoms with Crippen molar-refractivity contribution >= 4 is 12.0 Å². The Morgan fingerprint density at radius 1 is 1.14 bits per heavy atom. The summed E-state index contributed by atoms with van der Waals surface area (Å²) in [5.41, 5.74) is 1.87. The van der Waals surface area contributed by atoms with Gasteiger partial charge in [-0.1, -0.05) is 55.7 Å². The number of benzene rings is 2. The fourth-order valence-electron chi connectivity index (χ4n) is 3.45. The second kappa shape index (κ2) is 10.3. The Labute approximate surface area is 172 Å². The number of hydrogen-bond acceptors (Lipinski definition) is 4. The zero-order valence-electron chi connectivity index (χ0n) is 16.7. The molecule has 0 unspecified atom stereocenters. The molecular weight excluding hydrogens is 364 g/mol. The lowest BCUT2D eigenvalue weighted by molar-refractivity contribution is -0.117. The lowest BCUT2D eigenvalue weighted by atomic mass is 9.95. The highest BCUT2D eigenvalue weighted by Crippen LogP contribution is 2.29. The van der Waals surface area contributed by atoms with Crippen molar-refractivity contribution in [3.8, 4) is 17.6 Å². The predicted molar refractivity (Wildman–Crippen MR) is 112 cm³/mol. The van der Waals surface area contributed by atoms with Gasteiger partial charge in [-0.15, -0.1) is 0 Å². The van der Waals surface area contributed by atoms with Gasteiger partial charge in [-0.25, -0.2) is 0 Å². The molecule has 1 fully saturated rings. The van der Waals surface area contributed by atoms with E-state index in [0.29, 0.717) is 23.7 Å². The summed E-state index contributed by atoms with van der Waals surface area (Å²) < 4.78 is 11.3. The molecule has 0 aliphatic heterocycles. The maximum absolute atomic E-state index is 12.5. The Kier molecular flexibility index (Phi) is 7.29. The summed E-state index contributed by atoms with van der Waals surface area (Å²) in [7, 11) is 1.57. The lowest BCUT2D eigenvalue weighted by Crippen LogP contribution is -2.36.